The van der Waals surface area contributed by atoms with Crippen LogP contribution in [0.25, 0.3) is 0 Å². The van der Waals surface area contributed by atoms with Gasteiger partial charge in [-0.25, -0.2) is 4.98 Å². The number of primary amides is 1. The van der Waals surface area contributed by atoms with Gasteiger partial charge in [0.15, 0.2) is 0 Å². The topological polar surface area (TPSA) is 123 Å². The van der Waals surface area contributed by atoms with Crippen LogP contribution in [0.5, 0.6) is 5.75 Å². The van der Waals surface area contributed by atoms with Crippen molar-refractivity contribution in [2.45, 2.75) is 26.4 Å². The number of benzene rings is 1. The molecule has 2 rings (SSSR count). The van der Waals surface area contributed by atoms with E-state index >= 15 is 0 Å². The quantitative estimate of drug-likeness (QED) is 0.730. The number of anilines is 1. The number of carbonyl (C=O) groups is 2. The minimum atomic E-state index is -0.623. The fourth-order valence-corrected chi connectivity index (χ4v) is 1.83. The second-order valence-electron chi connectivity index (χ2n) is 4.90. The molecule has 0 unspecified atom stereocenters. The molecular weight excluding hydrogens is 286 g/mol. The first kappa shape index (κ1) is 15.5. The molecule has 0 spiro atoms. The fourth-order valence-electron chi connectivity index (χ4n) is 1.83. The SMILES string of the molecule is CC(C)Oc1ccc(NC(=O)Cc2ncn[nH]2)cc1C(N)=O. The lowest BCUT2D eigenvalue weighted by Crippen LogP contribution is -2.18. The van der Waals surface area contributed by atoms with Gasteiger partial charge in [-0.3, -0.25) is 14.7 Å². The molecule has 0 saturated carbocycles. The van der Waals surface area contributed by atoms with Crippen LogP contribution >= 0.6 is 0 Å². The molecule has 1 aromatic carbocycles. The second kappa shape index (κ2) is 6.70. The molecule has 0 aliphatic rings. The van der Waals surface area contributed by atoms with Gasteiger partial charge in [-0.1, -0.05) is 0 Å². The number of nitrogens with zero attached hydrogens (tertiary/aromatic N) is 2. The van der Waals surface area contributed by atoms with E-state index < -0.39 is 5.91 Å². The molecule has 0 saturated heterocycles. The molecule has 22 heavy (non-hydrogen) atoms. The number of nitrogens with two attached hydrogens (primary N) is 1. The maximum absolute atomic E-state index is 11.9. The number of H-pyrrole nitrogens is 1. The van der Waals surface area contributed by atoms with Crippen LogP contribution in [-0.4, -0.2) is 33.1 Å². The third-order valence-electron chi connectivity index (χ3n) is 2.68. The monoisotopic (exact) mass is 303 g/mol. The lowest BCUT2D eigenvalue weighted by atomic mass is 10.1. The summed E-state index contributed by atoms with van der Waals surface area (Å²) in [7, 11) is 0. The van der Waals surface area contributed by atoms with E-state index in [0.717, 1.165) is 0 Å². The van der Waals surface area contributed by atoms with Crippen LogP contribution in [0.1, 0.15) is 30.0 Å². The summed E-state index contributed by atoms with van der Waals surface area (Å²) < 4.78 is 5.52. The number of hydrogen-bond acceptors (Lipinski definition) is 5. The standard InChI is InChI=1S/C14H17N5O3/c1-8(2)22-11-4-3-9(5-10(11)14(15)21)18-13(20)6-12-16-7-17-19-12/h3-5,7-8H,6H2,1-2H3,(H2,15,21)(H,18,20)(H,16,17,19). The minimum Gasteiger partial charge on any atom is -0.490 e. The summed E-state index contributed by atoms with van der Waals surface area (Å²) in [5, 5.41) is 8.93. The zero-order valence-corrected chi connectivity index (χ0v) is 12.3. The molecule has 8 heteroatoms. The number of hydrogen-bond donors (Lipinski definition) is 3. The van der Waals surface area contributed by atoms with Crippen molar-refractivity contribution in [3.63, 3.8) is 0 Å². The number of nitrogens with one attached hydrogen (secondary N) is 2. The van der Waals surface area contributed by atoms with Gasteiger partial charge in [-0.05, 0) is 32.0 Å². The number of aromatic nitrogens is 3. The number of rotatable bonds is 6. The first-order chi connectivity index (χ1) is 10.5. The Morgan fingerprint density at radius 3 is 2.77 bits per heavy atom. The van der Waals surface area contributed by atoms with Crippen molar-refractivity contribution in [2.75, 3.05) is 5.32 Å². The van der Waals surface area contributed by atoms with E-state index in [1.165, 1.54) is 12.4 Å². The maximum Gasteiger partial charge on any atom is 0.252 e. The number of carbonyl (C=O) groups excluding carboxylic acids is 2. The van der Waals surface area contributed by atoms with E-state index in [1.807, 2.05) is 13.8 Å². The third kappa shape index (κ3) is 4.05. The van der Waals surface area contributed by atoms with Gasteiger partial charge < -0.3 is 15.8 Å². The highest BCUT2D eigenvalue weighted by Gasteiger charge is 2.13. The molecule has 0 aliphatic heterocycles. The Balaban J connectivity index is 2.12. The fraction of sp³-hybridized carbons (Fsp3) is 0.286. The Bertz CT molecular complexity index is 667. The highest BCUT2D eigenvalue weighted by Crippen LogP contribution is 2.23. The number of ether oxygens (including phenoxy) is 1. The highest BCUT2D eigenvalue weighted by molar-refractivity contribution is 5.98. The lowest BCUT2D eigenvalue weighted by Gasteiger charge is -2.14. The maximum atomic E-state index is 11.9. The van der Waals surface area contributed by atoms with E-state index in [4.69, 9.17) is 10.5 Å². The first-order valence-electron chi connectivity index (χ1n) is 6.70. The lowest BCUT2D eigenvalue weighted by molar-refractivity contribution is -0.115. The van der Waals surface area contributed by atoms with Crippen LogP contribution in [0.3, 0.4) is 0 Å². The van der Waals surface area contributed by atoms with Crippen LogP contribution in [0.15, 0.2) is 24.5 Å². The molecule has 1 heterocycles. The molecule has 0 bridgehead atoms. The third-order valence-corrected chi connectivity index (χ3v) is 2.68. The van der Waals surface area contributed by atoms with Gasteiger partial charge >= 0.3 is 0 Å². The summed E-state index contributed by atoms with van der Waals surface area (Å²) in [4.78, 5) is 27.2. The zero-order valence-electron chi connectivity index (χ0n) is 12.3. The van der Waals surface area contributed by atoms with Gasteiger partial charge in [-0.15, -0.1) is 0 Å². The average Bonchev–Trinajstić information content (AvgIpc) is 2.92. The van der Waals surface area contributed by atoms with Crippen molar-refractivity contribution in [3.8, 4) is 5.75 Å². The van der Waals surface area contributed by atoms with Crippen molar-refractivity contribution < 1.29 is 14.3 Å². The smallest absolute Gasteiger partial charge is 0.252 e. The summed E-state index contributed by atoms with van der Waals surface area (Å²) in [6.07, 6.45) is 1.28. The van der Waals surface area contributed by atoms with Crippen LogP contribution in [-0.2, 0) is 11.2 Å². The molecule has 0 atom stereocenters. The molecule has 1 aromatic heterocycles. The van der Waals surface area contributed by atoms with Crippen molar-refractivity contribution in [1.29, 1.82) is 0 Å². The molecule has 0 radical (unpaired) electrons. The molecule has 116 valence electrons. The number of aromatic amines is 1. The van der Waals surface area contributed by atoms with Gasteiger partial charge in [0.1, 0.15) is 17.9 Å². The minimum absolute atomic E-state index is 0.0517. The molecule has 8 nitrogen and oxygen atoms in total. The Labute approximate surface area is 127 Å². The Hall–Kier alpha value is -2.90. The second-order valence-corrected chi connectivity index (χ2v) is 4.90. The predicted octanol–water partition coefficient (Wildman–Crippen LogP) is 0.872. The Kier molecular flexibility index (Phi) is 4.72. The average molecular weight is 303 g/mol. The van der Waals surface area contributed by atoms with E-state index in [2.05, 4.69) is 20.5 Å². The number of amides is 2. The van der Waals surface area contributed by atoms with Crippen molar-refractivity contribution >= 4 is 17.5 Å². The predicted molar refractivity (Wildman–Crippen MR) is 79.4 cm³/mol. The summed E-state index contributed by atoms with van der Waals surface area (Å²) in [6.45, 7) is 3.69. The van der Waals surface area contributed by atoms with Gasteiger partial charge in [0, 0.05) is 5.69 Å². The molecule has 0 aliphatic carbocycles. The summed E-state index contributed by atoms with van der Waals surface area (Å²) in [5.41, 5.74) is 6.01. The Morgan fingerprint density at radius 2 is 2.18 bits per heavy atom. The van der Waals surface area contributed by atoms with E-state index in [-0.39, 0.29) is 24.0 Å². The van der Waals surface area contributed by atoms with Gasteiger partial charge in [0.25, 0.3) is 5.91 Å². The van der Waals surface area contributed by atoms with E-state index in [0.29, 0.717) is 17.3 Å². The van der Waals surface area contributed by atoms with E-state index in [9.17, 15) is 9.59 Å². The van der Waals surface area contributed by atoms with Crippen LogP contribution in [0.4, 0.5) is 5.69 Å². The molecule has 4 N–H and O–H groups in total. The van der Waals surface area contributed by atoms with Crippen molar-refractivity contribution in [3.05, 3.63) is 35.9 Å². The Morgan fingerprint density at radius 1 is 1.41 bits per heavy atom. The van der Waals surface area contributed by atoms with Gasteiger partial charge in [0.05, 0.1) is 18.1 Å². The summed E-state index contributed by atoms with van der Waals surface area (Å²) in [6, 6.07) is 4.73. The van der Waals surface area contributed by atoms with Crippen LogP contribution in [0.2, 0.25) is 0 Å². The van der Waals surface area contributed by atoms with E-state index in [1.54, 1.807) is 12.1 Å². The molecule has 0 fully saturated rings. The largest absolute Gasteiger partial charge is 0.490 e. The zero-order chi connectivity index (χ0) is 16.1. The summed E-state index contributed by atoms with van der Waals surface area (Å²) in [5.74, 6) is -0.0743. The normalized spacial score (nSPS) is 10.5. The molecule has 2 amide bonds. The van der Waals surface area contributed by atoms with Crippen LogP contribution < -0.4 is 15.8 Å². The first-order valence-corrected chi connectivity index (χ1v) is 6.70. The molecule has 2 aromatic rings. The summed E-state index contributed by atoms with van der Waals surface area (Å²) >= 11 is 0. The van der Waals surface area contributed by atoms with Crippen LogP contribution in [0, 0.1) is 0 Å². The van der Waals surface area contributed by atoms with Gasteiger partial charge in [0.2, 0.25) is 5.91 Å². The molecular formula is C14H17N5O3. The highest BCUT2D eigenvalue weighted by atomic mass is 16.5. The van der Waals surface area contributed by atoms with Gasteiger partial charge in [-0.2, -0.15) is 5.10 Å². The van der Waals surface area contributed by atoms with Crippen molar-refractivity contribution in [1.82, 2.24) is 15.2 Å². The van der Waals surface area contributed by atoms with Crippen molar-refractivity contribution in [2.24, 2.45) is 5.73 Å².